The molecule has 2 aromatic heterocycles. The number of rotatable bonds is 8. The molecule has 2 aliphatic rings. The van der Waals surface area contributed by atoms with Crippen molar-refractivity contribution in [2.45, 2.75) is 18.6 Å². The fourth-order valence-electron chi connectivity index (χ4n) is 4.91. The lowest BCUT2D eigenvalue weighted by Crippen LogP contribution is -2.41. The summed E-state index contributed by atoms with van der Waals surface area (Å²) in [6.45, 7) is 1.34. The van der Waals surface area contributed by atoms with E-state index in [1.54, 1.807) is 18.3 Å². The van der Waals surface area contributed by atoms with Gasteiger partial charge < -0.3 is 31.0 Å². The standard InChI is InChI=1S/C25H28ClN7O3/c1-33(2)10-9-28-24(34)14-5-3-13(4-6-14)22-31-20-19(17(26)12-29-23(20)32-22)30-18-15-7-8-16(11-15)21(18)36-25(27)35/h3-8,12,15-16,18,21H,9-11H2,1-2H3,(H2,27,35)(H,28,34)(H2,29,30,31,32)/t15-,16+,18+,21-/m0/s1. The van der Waals surface area contributed by atoms with E-state index in [2.05, 4.69) is 37.7 Å². The number of nitrogens with two attached hydrogens (primary N) is 1. The van der Waals surface area contributed by atoms with E-state index in [0.29, 0.717) is 39.8 Å². The van der Waals surface area contributed by atoms with Gasteiger partial charge >= 0.3 is 6.09 Å². The summed E-state index contributed by atoms with van der Waals surface area (Å²) in [6, 6.07) is 7.03. The summed E-state index contributed by atoms with van der Waals surface area (Å²) in [5, 5.41) is 6.80. The second-order valence-corrected chi connectivity index (χ2v) is 9.83. The Morgan fingerprint density at radius 2 is 1.97 bits per heavy atom. The topological polar surface area (TPSA) is 138 Å². The van der Waals surface area contributed by atoms with Crippen molar-refractivity contribution < 1.29 is 14.3 Å². The van der Waals surface area contributed by atoms with Crippen LogP contribution in [-0.4, -0.2) is 71.2 Å². The third kappa shape index (κ3) is 4.74. The number of H-pyrrole nitrogens is 1. The molecule has 0 aliphatic heterocycles. The fraction of sp³-hybridized carbons (Fsp3) is 0.360. The Bertz CT molecular complexity index is 1320. The lowest BCUT2D eigenvalue weighted by molar-refractivity contribution is 0.0854. The van der Waals surface area contributed by atoms with Crippen LogP contribution >= 0.6 is 11.6 Å². The van der Waals surface area contributed by atoms with E-state index < -0.39 is 6.09 Å². The van der Waals surface area contributed by atoms with E-state index in [-0.39, 0.29) is 29.9 Å². The first-order valence-electron chi connectivity index (χ1n) is 11.8. The molecular weight excluding hydrogens is 482 g/mol. The maximum absolute atomic E-state index is 12.4. The van der Waals surface area contributed by atoms with Gasteiger partial charge in [-0.05, 0) is 32.6 Å². The molecule has 36 heavy (non-hydrogen) atoms. The van der Waals surface area contributed by atoms with Gasteiger partial charge in [-0.2, -0.15) is 0 Å². The minimum Gasteiger partial charge on any atom is -0.444 e. The van der Waals surface area contributed by atoms with E-state index in [0.717, 1.165) is 18.5 Å². The SMILES string of the molecule is CN(C)CCNC(=O)c1ccc(-c2nc3ncc(Cl)c(N[C@H]4[C@@H](OC(N)=O)[C@@H]5C=C[C@H]4C5)c3[nH]2)cc1. The molecule has 0 radical (unpaired) electrons. The van der Waals surface area contributed by atoms with Crippen molar-refractivity contribution >= 4 is 40.5 Å². The molecule has 1 aromatic carbocycles. The summed E-state index contributed by atoms with van der Waals surface area (Å²) in [7, 11) is 3.92. The van der Waals surface area contributed by atoms with Gasteiger partial charge in [0.2, 0.25) is 0 Å². The average molecular weight is 510 g/mol. The van der Waals surface area contributed by atoms with E-state index in [4.69, 9.17) is 22.1 Å². The van der Waals surface area contributed by atoms with Gasteiger partial charge in [0.05, 0.1) is 22.9 Å². The molecule has 11 heteroatoms. The van der Waals surface area contributed by atoms with Crippen molar-refractivity contribution in [1.82, 2.24) is 25.2 Å². The number of carbonyl (C=O) groups is 2. The van der Waals surface area contributed by atoms with Crippen molar-refractivity contribution in [3.63, 3.8) is 0 Å². The third-order valence-electron chi connectivity index (χ3n) is 6.69. The lowest BCUT2D eigenvalue weighted by atomic mass is 9.98. The average Bonchev–Trinajstić information content (AvgIpc) is 3.56. The van der Waals surface area contributed by atoms with Crippen molar-refractivity contribution in [2.24, 2.45) is 17.6 Å². The number of fused-ring (bicyclic) bond motifs is 3. The molecule has 10 nitrogen and oxygen atoms in total. The van der Waals surface area contributed by atoms with Crippen LogP contribution in [0.3, 0.4) is 0 Å². The first kappa shape index (κ1) is 24.1. The Morgan fingerprint density at radius 1 is 1.22 bits per heavy atom. The number of nitrogens with one attached hydrogen (secondary N) is 3. The van der Waals surface area contributed by atoms with Crippen LogP contribution in [0.15, 0.2) is 42.6 Å². The zero-order valence-corrected chi connectivity index (χ0v) is 20.7. The van der Waals surface area contributed by atoms with Crippen LogP contribution in [0, 0.1) is 11.8 Å². The predicted octanol–water partition coefficient (Wildman–Crippen LogP) is 3.02. The van der Waals surface area contributed by atoms with Crippen LogP contribution in [0.5, 0.6) is 0 Å². The number of aromatic amines is 1. The number of ether oxygens (including phenoxy) is 1. The number of halogens is 1. The zero-order valence-electron chi connectivity index (χ0n) is 20.0. The number of hydrogen-bond acceptors (Lipinski definition) is 7. The second-order valence-electron chi connectivity index (χ2n) is 9.42. The summed E-state index contributed by atoms with van der Waals surface area (Å²) in [4.78, 5) is 38.2. The van der Waals surface area contributed by atoms with Gasteiger partial charge in [-0.3, -0.25) is 4.79 Å². The highest BCUT2D eigenvalue weighted by Crippen LogP contribution is 2.44. The van der Waals surface area contributed by atoms with E-state index in [1.165, 1.54) is 0 Å². The molecule has 188 valence electrons. The number of likely N-dealkylation sites (N-methyl/N-ethyl adjacent to an activating group) is 1. The summed E-state index contributed by atoms with van der Waals surface area (Å²) in [6.07, 6.45) is 5.45. The number of amides is 2. The Morgan fingerprint density at radius 3 is 2.69 bits per heavy atom. The quantitative estimate of drug-likeness (QED) is 0.342. The Kier molecular flexibility index (Phi) is 6.55. The molecule has 3 aromatic rings. The van der Waals surface area contributed by atoms with Gasteiger partial charge in [0.25, 0.3) is 5.91 Å². The minimum absolute atomic E-state index is 0.118. The van der Waals surface area contributed by atoms with Crippen molar-refractivity contribution in [3.05, 3.63) is 53.2 Å². The lowest BCUT2D eigenvalue weighted by Gasteiger charge is -2.29. The van der Waals surface area contributed by atoms with E-state index in [9.17, 15) is 9.59 Å². The molecule has 2 amide bonds. The van der Waals surface area contributed by atoms with Crippen LogP contribution in [0.4, 0.5) is 10.5 Å². The summed E-state index contributed by atoms with van der Waals surface area (Å²) in [5.74, 6) is 0.783. The molecule has 1 saturated carbocycles. The molecule has 1 fully saturated rings. The molecule has 2 bridgehead atoms. The van der Waals surface area contributed by atoms with Crippen LogP contribution in [-0.2, 0) is 4.74 Å². The molecule has 2 heterocycles. The number of aromatic nitrogens is 3. The van der Waals surface area contributed by atoms with Crippen LogP contribution in [0.1, 0.15) is 16.8 Å². The number of carbonyl (C=O) groups excluding carboxylic acids is 2. The molecule has 4 atom stereocenters. The minimum atomic E-state index is -0.794. The number of hydrogen-bond donors (Lipinski definition) is 4. The monoisotopic (exact) mass is 509 g/mol. The van der Waals surface area contributed by atoms with Gasteiger partial charge in [-0.25, -0.2) is 14.8 Å². The smallest absolute Gasteiger partial charge is 0.404 e. The zero-order chi connectivity index (χ0) is 25.4. The van der Waals surface area contributed by atoms with Crippen molar-refractivity contribution in [3.8, 4) is 11.4 Å². The fourth-order valence-corrected chi connectivity index (χ4v) is 5.11. The molecule has 2 aliphatic carbocycles. The van der Waals surface area contributed by atoms with Gasteiger partial charge in [0, 0.05) is 36.1 Å². The Balaban J connectivity index is 1.38. The largest absolute Gasteiger partial charge is 0.444 e. The van der Waals surface area contributed by atoms with Crippen molar-refractivity contribution in [2.75, 3.05) is 32.5 Å². The van der Waals surface area contributed by atoms with E-state index in [1.807, 2.05) is 31.1 Å². The van der Waals surface area contributed by atoms with E-state index >= 15 is 0 Å². The number of imidazole rings is 1. The van der Waals surface area contributed by atoms with Crippen LogP contribution in [0.25, 0.3) is 22.6 Å². The summed E-state index contributed by atoms with van der Waals surface area (Å²) in [5.41, 5.74) is 8.48. The second kappa shape index (κ2) is 9.79. The molecule has 0 saturated heterocycles. The highest BCUT2D eigenvalue weighted by atomic mass is 35.5. The number of primary amides is 1. The highest BCUT2D eigenvalue weighted by Gasteiger charge is 2.47. The maximum atomic E-state index is 12.4. The Labute approximate surface area is 213 Å². The van der Waals surface area contributed by atoms with Crippen molar-refractivity contribution in [1.29, 1.82) is 0 Å². The number of nitrogens with zero attached hydrogens (tertiary/aromatic N) is 3. The normalized spacial score (nSPS) is 22.3. The van der Waals surface area contributed by atoms with Gasteiger partial charge in [-0.15, -0.1) is 0 Å². The highest BCUT2D eigenvalue weighted by molar-refractivity contribution is 6.34. The number of anilines is 1. The summed E-state index contributed by atoms with van der Waals surface area (Å²) >= 11 is 6.54. The van der Waals surface area contributed by atoms with Gasteiger partial charge in [0.15, 0.2) is 5.65 Å². The first-order valence-corrected chi connectivity index (χ1v) is 12.2. The molecule has 5 rings (SSSR count). The van der Waals surface area contributed by atoms with Gasteiger partial charge in [0.1, 0.15) is 17.4 Å². The molecular formula is C25H28ClN7O3. The van der Waals surface area contributed by atoms with Crippen LogP contribution in [0.2, 0.25) is 5.02 Å². The predicted molar refractivity (Wildman–Crippen MR) is 138 cm³/mol. The number of benzene rings is 1. The molecule has 5 N–H and O–H groups in total. The molecule has 0 unspecified atom stereocenters. The third-order valence-corrected chi connectivity index (χ3v) is 6.98. The molecule has 0 spiro atoms. The first-order chi connectivity index (χ1) is 17.3. The van der Waals surface area contributed by atoms with Crippen LogP contribution < -0.4 is 16.4 Å². The maximum Gasteiger partial charge on any atom is 0.404 e. The number of pyridine rings is 1. The van der Waals surface area contributed by atoms with Gasteiger partial charge in [-0.1, -0.05) is 35.9 Å². The summed E-state index contributed by atoms with van der Waals surface area (Å²) < 4.78 is 5.43. The Hall–Kier alpha value is -3.63.